The number of nitrogens with zero attached hydrogens (tertiary/aromatic N) is 2. The number of benzene rings is 2. The molecule has 2 rings (SSSR count). The van der Waals surface area contributed by atoms with Gasteiger partial charge in [0, 0.05) is 19.1 Å². The highest BCUT2D eigenvalue weighted by atomic mass is 32.2. The average molecular weight is 375 g/mol. The van der Waals surface area contributed by atoms with Gasteiger partial charge in [-0.3, -0.25) is 20.3 Å². The lowest BCUT2D eigenvalue weighted by Gasteiger charge is -2.08. The molecule has 0 aromatic heterocycles. The van der Waals surface area contributed by atoms with Crippen LogP contribution in [0, 0.1) is 24.0 Å². The first kappa shape index (κ1) is 19.3. The van der Waals surface area contributed by atoms with Crippen molar-refractivity contribution >= 4 is 32.0 Å². The molecular weight excluding hydrogens is 358 g/mol. The number of anilines is 1. The number of Topliss-reactive ketones (excluding diaryl/α,β-unsaturated/α-hetero) is 1. The molecule has 0 aliphatic heterocycles. The van der Waals surface area contributed by atoms with E-state index in [1.165, 1.54) is 30.3 Å². The van der Waals surface area contributed by atoms with Gasteiger partial charge in [0.1, 0.15) is 0 Å². The topological polar surface area (TPSA) is 119 Å². The Balaban J connectivity index is 2.45. The van der Waals surface area contributed by atoms with Crippen molar-refractivity contribution in [3.63, 3.8) is 0 Å². The lowest BCUT2D eigenvalue weighted by molar-refractivity contribution is -0.384. The van der Waals surface area contributed by atoms with Gasteiger partial charge in [-0.25, -0.2) is 8.42 Å². The summed E-state index contributed by atoms with van der Waals surface area (Å²) in [5.41, 5.74) is 3.99. The number of nitrogens with one attached hydrogen (secondary N) is 1. The van der Waals surface area contributed by atoms with Crippen LogP contribution in [0.25, 0.3) is 0 Å². The smallest absolute Gasteiger partial charge is 0.271 e. The summed E-state index contributed by atoms with van der Waals surface area (Å²) in [5.74, 6) is -0.749. The number of rotatable bonds is 5. The fourth-order valence-electron chi connectivity index (χ4n) is 2.11. The third-order valence-electron chi connectivity index (χ3n) is 3.60. The van der Waals surface area contributed by atoms with Crippen molar-refractivity contribution in [2.24, 2.45) is 5.10 Å². The number of sulfone groups is 1. The Labute approximate surface area is 150 Å². The second-order valence-electron chi connectivity index (χ2n) is 5.66. The molecule has 9 heteroatoms. The maximum atomic E-state index is 12.7. The van der Waals surface area contributed by atoms with E-state index in [2.05, 4.69) is 10.5 Å². The van der Waals surface area contributed by atoms with Crippen LogP contribution in [0.4, 0.5) is 11.4 Å². The van der Waals surface area contributed by atoms with E-state index in [-0.39, 0.29) is 16.3 Å². The molecule has 136 valence electrons. The molecule has 0 aliphatic rings. The van der Waals surface area contributed by atoms with Gasteiger partial charge in [-0.2, -0.15) is 5.10 Å². The van der Waals surface area contributed by atoms with Crippen molar-refractivity contribution in [1.82, 2.24) is 0 Å². The van der Waals surface area contributed by atoms with Crippen molar-refractivity contribution < 1.29 is 18.1 Å². The fourth-order valence-corrected chi connectivity index (χ4v) is 3.37. The van der Waals surface area contributed by atoms with Crippen LogP contribution in [0.1, 0.15) is 18.1 Å². The Morgan fingerprint density at radius 3 is 2.27 bits per heavy atom. The number of nitro benzene ring substituents is 1. The highest BCUT2D eigenvalue weighted by molar-refractivity contribution is 8.08. The van der Waals surface area contributed by atoms with Crippen molar-refractivity contribution in [2.75, 3.05) is 5.43 Å². The van der Waals surface area contributed by atoms with Crippen LogP contribution in [0.5, 0.6) is 0 Å². The molecule has 0 amide bonds. The van der Waals surface area contributed by atoms with Crippen LogP contribution in [-0.4, -0.2) is 24.2 Å². The van der Waals surface area contributed by atoms with E-state index in [0.29, 0.717) is 5.56 Å². The first-order valence-corrected chi connectivity index (χ1v) is 9.02. The van der Waals surface area contributed by atoms with E-state index in [0.717, 1.165) is 12.5 Å². The summed E-state index contributed by atoms with van der Waals surface area (Å²) in [5, 5.41) is 13.9. The molecule has 2 aromatic carbocycles. The molecule has 0 radical (unpaired) electrons. The normalized spacial score (nSPS) is 11.9. The summed E-state index contributed by atoms with van der Waals surface area (Å²) in [6.07, 6.45) is 0. The van der Waals surface area contributed by atoms with Crippen LogP contribution in [-0.2, 0) is 14.6 Å². The van der Waals surface area contributed by atoms with E-state index in [9.17, 15) is 23.3 Å². The number of ketones is 1. The lowest BCUT2D eigenvalue weighted by atomic mass is 10.2. The lowest BCUT2D eigenvalue weighted by Crippen LogP contribution is -2.24. The number of carbonyl (C=O) groups is 1. The molecule has 8 nitrogen and oxygen atoms in total. The molecule has 1 N–H and O–H groups in total. The van der Waals surface area contributed by atoms with Crippen LogP contribution in [0.15, 0.2) is 52.5 Å². The first-order valence-electron chi connectivity index (χ1n) is 7.54. The van der Waals surface area contributed by atoms with Gasteiger partial charge in [-0.15, -0.1) is 0 Å². The zero-order valence-electron chi connectivity index (χ0n) is 14.4. The van der Waals surface area contributed by atoms with Crippen LogP contribution in [0.2, 0.25) is 0 Å². The minimum atomic E-state index is -4.12. The summed E-state index contributed by atoms with van der Waals surface area (Å²) in [7, 11) is -4.12. The Morgan fingerprint density at radius 1 is 1.12 bits per heavy atom. The largest absolute Gasteiger partial charge is 0.292 e. The van der Waals surface area contributed by atoms with Gasteiger partial charge in [0.05, 0.1) is 15.5 Å². The fraction of sp³-hybridized carbons (Fsp3) is 0.176. The van der Waals surface area contributed by atoms with Crippen molar-refractivity contribution in [1.29, 1.82) is 0 Å². The van der Waals surface area contributed by atoms with Crippen molar-refractivity contribution in [2.45, 2.75) is 25.7 Å². The van der Waals surface area contributed by atoms with Gasteiger partial charge in [0.25, 0.3) is 5.69 Å². The third kappa shape index (κ3) is 4.12. The molecule has 0 atom stereocenters. The van der Waals surface area contributed by atoms with E-state index in [1.807, 2.05) is 6.92 Å². The Hall–Kier alpha value is -3.07. The Morgan fingerprint density at radius 2 is 1.73 bits per heavy atom. The molecule has 0 saturated carbocycles. The molecule has 0 aliphatic carbocycles. The summed E-state index contributed by atoms with van der Waals surface area (Å²) >= 11 is 0. The van der Waals surface area contributed by atoms with E-state index >= 15 is 0 Å². The Bertz CT molecular complexity index is 996. The molecule has 0 unspecified atom stereocenters. The van der Waals surface area contributed by atoms with Gasteiger partial charge in [-0.05, 0) is 31.5 Å². The number of carbonyl (C=O) groups excluding carboxylic acids is 1. The molecule has 0 heterocycles. The van der Waals surface area contributed by atoms with Crippen molar-refractivity contribution in [3.8, 4) is 0 Å². The molecule has 0 saturated heterocycles. The SMILES string of the molecule is CC(=O)/C(=N/Nc1cc([N+](=O)[O-])ccc1C)S(=O)(=O)c1ccc(C)cc1. The quantitative estimate of drug-likeness (QED) is 0.371. The number of aryl methyl sites for hydroxylation is 2. The molecule has 2 aromatic rings. The third-order valence-corrected chi connectivity index (χ3v) is 5.38. The highest BCUT2D eigenvalue weighted by Gasteiger charge is 2.27. The predicted molar refractivity (Wildman–Crippen MR) is 97.9 cm³/mol. The average Bonchev–Trinajstić information content (AvgIpc) is 2.56. The maximum absolute atomic E-state index is 12.7. The first-order chi connectivity index (χ1) is 12.1. The predicted octanol–water partition coefficient (Wildman–Crippen LogP) is 3.00. The monoisotopic (exact) mass is 375 g/mol. The molecular formula is C17H17N3O5S. The zero-order chi connectivity index (χ0) is 19.5. The van der Waals surface area contributed by atoms with Gasteiger partial charge >= 0.3 is 0 Å². The number of hydrazone groups is 1. The van der Waals surface area contributed by atoms with Gasteiger partial charge in [-0.1, -0.05) is 23.8 Å². The summed E-state index contributed by atoms with van der Waals surface area (Å²) in [6.45, 7) is 4.57. The molecule has 0 fully saturated rings. The van der Waals surface area contributed by atoms with Gasteiger partial charge in [0.15, 0.2) is 5.78 Å². The maximum Gasteiger partial charge on any atom is 0.271 e. The van der Waals surface area contributed by atoms with Gasteiger partial charge in [0.2, 0.25) is 14.9 Å². The standard InChI is InChI=1S/C17H17N3O5S/c1-11-4-8-15(9-5-11)26(24,25)17(13(3)21)19-18-16-10-14(20(22)23)7-6-12(16)2/h4-10,18H,1-3H3/b19-17-. The number of non-ortho nitro benzene ring substituents is 1. The van der Waals surface area contributed by atoms with Crippen LogP contribution >= 0.6 is 0 Å². The van der Waals surface area contributed by atoms with Crippen LogP contribution in [0.3, 0.4) is 0 Å². The minimum absolute atomic E-state index is 0.0605. The summed E-state index contributed by atoms with van der Waals surface area (Å²) in [6, 6.07) is 10.0. The van der Waals surface area contributed by atoms with Crippen molar-refractivity contribution in [3.05, 3.63) is 63.7 Å². The molecule has 0 spiro atoms. The van der Waals surface area contributed by atoms with E-state index < -0.39 is 25.6 Å². The van der Waals surface area contributed by atoms with Gasteiger partial charge < -0.3 is 0 Å². The Kier molecular flexibility index (Phi) is 5.51. The van der Waals surface area contributed by atoms with E-state index in [1.54, 1.807) is 19.1 Å². The minimum Gasteiger partial charge on any atom is -0.292 e. The summed E-state index contributed by atoms with van der Waals surface area (Å²) < 4.78 is 25.3. The molecule has 0 bridgehead atoms. The number of hydrogen-bond donors (Lipinski definition) is 1. The summed E-state index contributed by atoms with van der Waals surface area (Å²) in [4.78, 5) is 22.1. The second-order valence-corrected chi connectivity index (χ2v) is 7.52. The number of nitro groups is 1. The second kappa shape index (κ2) is 7.44. The van der Waals surface area contributed by atoms with Crippen LogP contribution < -0.4 is 5.43 Å². The molecule has 26 heavy (non-hydrogen) atoms. The zero-order valence-corrected chi connectivity index (χ0v) is 15.2. The van der Waals surface area contributed by atoms with E-state index in [4.69, 9.17) is 0 Å². The number of hydrogen-bond acceptors (Lipinski definition) is 7. The highest BCUT2D eigenvalue weighted by Crippen LogP contribution is 2.22.